The van der Waals surface area contributed by atoms with Gasteiger partial charge < -0.3 is 10.1 Å². The first kappa shape index (κ1) is 14.4. The molecular weight excluding hydrogens is 264 g/mol. The highest BCUT2D eigenvalue weighted by Crippen LogP contribution is 2.38. The van der Waals surface area contributed by atoms with Crippen LogP contribution in [0, 0.1) is 6.92 Å². The molecule has 2 fully saturated rings. The quantitative estimate of drug-likeness (QED) is 0.868. The molecule has 2 aliphatic heterocycles. The second-order valence-electron chi connectivity index (χ2n) is 6.25. The van der Waals surface area contributed by atoms with Gasteiger partial charge in [-0.05, 0) is 50.4 Å². The Hall–Kier alpha value is -1.55. The Morgan fingerprint density at radius 2 is 2.24 bits per heavy atom. The molecule has 21 heavy (non-hydrogen) atoms. The zero-order valence-electron chi connectivity index (χ0n) is 12.9. The second-order valence-corrected chi connectivity index (χ2v) is 6.25. The molecule has 2 heterocycles. The molecule has 2 unspecified atom stereocenters. The van der Waals surface area contributed by atoms with E-state index in [2.05, 4.69) is 29.3 Å². The largest absolute Gasteiger partial charge is 0.467 e. The van der Waals surface area contributed by atoms with E-state index in [4.69, 9.17) is 4.74 Å². The van der Waals surface area contributed by atoms with Gasteiger partial charge in [-0.2, -0.15) is 0 Å². The number of nitrogens with zero attached hydrogens (tertiary/aromatic N) is 1. The summed E-state index contributed by atoms with van der Waals surface area (Å²) in [6.45, 7) is 4.13. The number of aryl methyl sites for hydroxylation is 1. The van der Waals surface area contributed by atoms with Crippen molar-refractivity contribution in [3.63, 3.8) is 0 Å². The summed E-state index contributed by atoms with van der Waals surface area (Å²) in [6, 6.07) is 8.46. The molecule has 2 aliphatic rings. The fraction of sp³-hybridized carbons (Fsp3) is 0.588. The summed E-state index contributed by atoms with van der Waals surface area (Å²) in [5.41, 5.74) is 1.61. The SMILES string of the molecule is COC(=O)C1(Nc2cccc(C)c2)CCN2CCCCC21. The van der Waals surface area contributed by atoms with Gasteiger partial charge in [0, 0.05) is 18.3 Å². The molecule has 1 aromatic carbocycles. The normalized spacial score (nSPS) is 29.0. The molecule has 0 amide bonds. The van der Waals surface area contributed by atoms with Crippen molar-refractivity contribution in [1.29, 1.82) is 0 Å². The van der Waals surface area contributed by atoms with Crippen molar-refractivity contribution >= 4 is 11.7 Å². The number of benzene rings is 1. The smallest absolute Gasteiger partial charge is 0.333 e. The number of fused-ring (bicyclic) bond motifs is 1. The van der Waals surface area contributed by atoms with Crippen LogP contribution in [0.4, 0.5) is 5.69 Å². The van der Waals surface area contributed by atoms with Gasteiger partial charge in [0.05, 0.1) is 7.11 Å². The molecule has 4 nitrogen and oxygen atoms in total. The summed E-state index contributed by atoms with van der Waals surface area (Å²) in [5.74, 6) is -0.126. The molecule has 0 saturated carbocycles. The van der Waals surface area contributed by atoms with Gasteiger partial charge in [-0.3, -0.25) is 4.90 Å². The number of piperidine rings is 1. The highest BCUT2D eigenvalue weighted by molar-refractivity contribution is 5.86. The number of hydrogen-bond acceptors (Lipinski definition) is 4. The second kappa shape index (κ2) is 5.68. The number of nitrogens with one attached hydrogen (secondary N) is 1. The van der Waals surface area contributed by atoms with Crippen LogP contribution in [-0.2, 0) is 9.53 Å². The molecule has 1 aromatic rings. The first-order valence-corrected chi connectivity index (χ1v) is 7.83. The van der Waals surface area contributed by atoms with Gasteiger partial charge in [0.1, 0.15) is 0 Å². The summed E-state index contributed by atoms with van der Waals surface area (Å²) in [4.78, 5) is 15.0. The van der Waals surface area contributed by atoms with E-state index < -0.39 is 5.54 Å². The Balaban J connectivity index is 1.92. The third-order valence-electron chi connectivity index (χ3n) is 4.91. The highest BCUT2D eigenvalue weighted by Gasteiger charge is 2.54. The van der Waals surface area contributed by atoms with Gasteiger partial charge in [0.25, 0.3) is 0 Å². The number of carbonyl (C=O) groups excluding carboxylic acids is 1. The topological polar surface area (TPSA) is 41.6 Å². The van der Waals surface area contributed by atoms with E-state index in [9.17, 15) is 4.79 Å². The van der Waals surface area contributed by atoms with E-state index in [-0.39, 0.29) is 12.0 Å². The van der Waals surface area contributed by atoms with E-state index in [1.807, 2.05) is 12.1 Å². The molecule has 1 N–H and O–H groups in total. The Bertz CT molecular complexity index is 531. The summed E-state index contributed by atoms with van der Waals surface area (Å²) in [7, 11) is 1.49. The van der Waals surface area contributed by atoms with Crippen molar-refractivity contribution in [2.75, 3.05) is 25.5 Å². The summed E-state index contributed by atoms with van der Waals surface area (Å²) < 4.78 is 5.16. The first-order chi connectivity index (χ1) is 10.2. The van der Waals surface area contributed by atoms with Crippen LogP contribution < -0.4 is 5.32 Å². The van der Waals surface area contributed by atoms with Crippen molar-refractivity contribution in [2.45, 2.75) is 44.2 Å². The van der Waals surface area contributed by atoms with Crippen LogP contribution in [0.3, 0.4) is 0 Å². The highest BCUT2D eigenvalue weighted by atomic mass is 16.5. The number of hydrogen-bond donors (Lipinski definition) is 1. The van der Waals surface area contributed by atoms with Crippen LogP contribution in [0.25, 0.3) is 0 Å². The lowest BCUT2D eigenvalue weighted by molar-refractivity contribution is -0.147. The van der Waals surface area contributed by atoms with Crippen molar-refractivity contribution in [1.82, 2.24) is 4.90 Å². The molecular formula is C17H24N2O2. The molecule has 2 atom stereocenters. The van der Waals surface area contributed by atoms with E-state index >= 15 is 0 Å². The third kappa shape index (κ3) is 2.53. The van der Waals surface area contributed by atoms with Crippen molar-refractivity contribution < 1.29 is 9.53 Å². The van der Waals surface area contributed by atoms with Gasteiger partial charge in [0.15, 0.2) is 5.54 Å². The summed E-state index contributed by atoms with van der Waals surface area (Å²) in [6.07, 6.45) is 4.31. The molecule has 0 spiro atoms. The minimum Gasteiger partial charge on any atom is -0.467 e. The summed E-state index contributed by atoms with van der Waals surface area (Å²) >= 11 is 0. The molecule has 0 bridgehead atoms. The standard InChI is InChI=1S/C17H24N2O2/c1-13-6-5-7-14(12-13)18-17(16(20)21-2)9-11-19-10-4-3-8-15(17)19/h5-7,12,15,18H,3-4,8-11H2,1-2H3. The van der Waals surface area contributed by atoms with Crippen LogP contribution in [0.5, 0.6) is 0 Å². The minimum absolute atomic E-state index is 0.126. The monoisotopic (exact) mass is 288 g/mol. The van der Waals surface area contributed by atoms with E-state index in [0.717, 1.165) is 31.6 Å². The van der Waals surface area contributed by atoms with Crippen LogP contribution >= 0.6 is 0 Å². The fourth-order valence-corrected chi connectivity index (χ4v) is 3.90. The van der Waals surface area contributed by atoms with E-state index in [0.29, 0.717) is 0 Å². The minimum atomic E-state index is -0.594. The van der Waals surface area contributed by atoms with Crippen LogP contribution in [-0.4, -0.2) is 42.6 Å². The average Bonchev–Trinajstić information content (AvgIpc) is 2.87. The Morgan fingerprint density at radius 3 is 3.00 bits per heavy atom. The molecule has 114 valence electrons. The first-order valence-electron chi connectivity index (χ1n) is 7.83. The predicted molar refractivity (Wildman–Crippen MR) is 83.4 cm³/mol. The Morgan fingerprint density at radius 1 is 1.38 bits per heavy atom. The molecule has 0 aromatic heterocycles. The van der Waals surface area contributed by atoms with Crippen molar-refractivity contribution in [3.8, 4) is 0 Å². The fourth-order valence-electron chi connectivity index (χ4n) is 3.90. The number of methoxy groups -OCH3 is 1. The van der Waals surface area contributed by atoms with Gasteiger partial charge in [-0.1, -0.05) is 18.6 Å². The molecule has 4 heteroatoms. The zero-order valence-corrected chi connectivity index (χ0v) is 12.9. The number of ether oxygens (including phenoxy) is 1. The van der Waals surface area contributed by atoms with Crippen LogP contribution in [0.15, 0.2) is 24.3 Å². The lowest BCUT2D eigenvalue weighted by Crippen LogP contribution is -2.57. The van der Waals surface area contributed by atoms with E-state index in [1.165, 1.54) is 25.5 Å². The maximum Gasteiger partial charge on any atom is 0.333 e. The maximum absolute atomic E-state index is 12.6. The lowest BCUT2D eigenvalue weighted by atomic mass is 9.85. The molecule has 2 saturated heterocycles. The van der Waals surface area contributed by atoms with E-state index in [1.54, 1.807) is 0 Å². The number of esters is 1. The Labute approximate surface area is 126 Å². The van der Waals surface area contributed by atoms with Crippen LogP contribution in [0.1, 0.15) is 31.2 Å². The van der Waals surface area contributed by atoms with Crippen LogP contribution in [0.2, 0.25) is 0 Å². The summed E-state index contributed by atoms with van der Waals surface area (Å²) in [5, 5.41) is 3.53. The number of anilines is 1. The lowest BCUT2D eigenvalue weighted by Gasteiger charge is -2.39. The van der Waals surface area contributed by atoms with Gasteiger partial charge in [-0.15, -0.1) is 0 Å². The Kier molecular flexibility index (Phi) is 3.89. The van der Waals surface area contributed by atoms with Crippen molar-refractivity contribution in [3.05, 3.63) is 29.8 Å². The van der Waals surface area contributed by atoms with Crippen molar-refractivity contribution in [2.24, 2.45) is 0 Å². The molecule has 0 aliphatic carbocycles. The average molecular weight is 288 g/mol. The van der Waals surface area contributed by atoms with Gasteiger partial charge >= 0.3 is 5.97 Å². The molecule has 0 radical (unpaired) electrons. The van der Waals surface area contributed by atoms with Gasteiger partial charge in [-0.25, -0.2) is 4.79 Å². The van der Waals surface area contributed by atoms with Gasteiger partial charge in [0.2, 0.25) is 0 Å². The third-order valence-corrected chi connectivity index (χ3v) is 4.91. The maximum atomic E-state index is 12.6. The number of rotatable bonds is 3. The zero-order chi connectivity index (χ0) is 14.9. The molecule has 3 rings (SSSR count). The predicted octanol–water partition coefficient (Wildman–Crippen LogP) is 2.58. The number of carbonyl (C=O) groups is 1.